The maximum Gasteiger partial charge on any atom is 0.338 e. The summed E-state index contributed by atoms with van der Waals surface area (Å²) in [6, 6.07) is 10.5. The van der Waals surface area contributed by atoms with Crippen LogP contribution in [0.4, 0.5) is 5.69 Å². The fraction of sp³-hybridized carbons (Fsp3) is 0.263. The number of nitrogens with one attached hydrogen (secondary N) is 1. The molecule has 7 nitrogen and oxygen atoms in total. The van der Waals surface area contributed by atoms with Crippen molar-refractivity contribution in [1.82, 2.24) is 4.31 Å². The minimum Gasteiger partial charge on any atom is -0.462 e. The molecule has 0 fully saturated rings. The number of ether oxygens (including phenoxy) is 1. The van der Waals surface area contributed by atoms with Gasteiger partial charge in [0.2, 0.25) is 15.9 Å². The van der Waals surface area contributed by atoms with E-state index in [0.717, 1.165) is 9.87 Å². The highest BCUT2D eigenvalue weighted by molar-refractivity contribution is 7.89. The van der Waals surface area contributed by atoms with Crippen molar-refractivity contribution in [2.75, 3.05) is 25.5 Å². The molecule has 1 amide bonds. The highest BCUT2D eigenvalue weighted by Crippen LogP contribution is 2.19. The zero-order chi connectivity index (χ0) is 20.9. The minimum atomic E-state index is -3.84. The lowest BCUT2D eigenvalue weighted by molar-refractivity contribution is -0.116. The molecule has 0 saturated carbocycles. The Balaban J connectivity index is 2.12. The van der Waals surface area contributed by atoms with E-state index in [0.29, 0.717) is 16.3 Å². The van der Waals surface area contributed by atoms with Crippen molar-refractivity contribution in [1.29, 1.82) is 0 Å². The van der Waals surface area contributed by atoms with Gasteiger partial charge in [0.1, 0.15) is 0 Å². The van der Waals surface area contributed by atoms with Crippen LogP contribution in [0.25, 0.3) is 0 Å². The second-order valence-corrected chi connectivity index (χ2v) is 8.49. The van der Waals surface area contributed by atoms with Crippen LogP contribution in [0.1, 0.15) is 22.8 Å². The maximum atomic E-state index is 12.6. The largest absolute Gasteiger partial charge is 0.462 e. The number of carbonyl (C=O) groups is 2. The number of halogens is 1. The van der Waals surface area contributed by atoms with Gasteiger partial charge in [-0.3, -0.25) is 4.79 Å². The molecule has 9 heteroatoms. The van der Waals surface area contributed by atoms with Gasteiger partial charge in [0.05, 0.1) is 23.6 Å². The zero-order valence-electron chi connectivity index (χ0n) is 15.7. The molecule has 28 heavy (non-hydrogen) atoms. The Bertz CT molecular complexity index is 974. The number of nitrogens with zero attached hydrogens (tertiary/aromatic N) is 1. The first-order valence-corrected chi connectivity index (χ1v) is 10.3. The van der Waals surface area contributed by atoms with Gasteiger partial charge in [-0.25, -0.2) is 13.2 Å². The number of amides is 1. The van der Waals surface area contributed by atoms with Crippen LogP contribution in [0.2, 0.25) is 5.02 Å². The summed E-state index contributed by atoms with van der Waals surface area (Å²) in [5.41, 5.74) is 1.43. The third kappa shape index (κ3) is 5.31. The van der Waals surface area contributed by atoms with Gasteiger partial charge in [-0.1, -0.05) is 17.7 Å². The van der Waals surface area contributed by atoms with Gasteiger partial charge in [0, 0.05) is 17.8 Å². The first-order valence-electron chi connectivity index (χ1n) is 8.44. The summed E-state index contributed by atoms with van der Waals surface area (Å²) in [7, 11) is -2.53. The smallest absolute Gasteiger partial charge is 0.338 e. The average molecular weight is 425 g/mol. The van der Waals surface area contributed by atoms with Crippen LogP contribution in [-0.4, -0.2) is 44.8 Å². The third-order valence-corrected chi connectivity index (χ3v) is 5.98. The molecule has 0 saturated heterocycles. The highest BCUT2D eigenvalue weighted by Gasteiger charge is 2.23. The monoisotopic (exact) mass is 424 g/mol. The van der Waals surface area contributed by atoms with Crippen molar-refractivity contribution in [2.45, 2.75) is 18.7 Å². The SMILES string of the molecule is CCOC(=O)c1ccc(C)c(NC(=O)CN(C)S(=O)(=O)c2ccc(Cl)cc2)c1. The van der Waals surface area contributed by atoms with E-state index < -0.39 is 28.4 Å². The number of esters is 1. The standard InChI is InChI=1S/C19H21ClN2O5S/c1-4-27-19(24)14-6-5-13(2)17(11-14)21-18(23)12-22(3)28(25,26)16-9-7-15(20)8-10-16/h5-11H,4,12H2,1-3H3,(H,21,23). The molecule has 0 aliphatic rings. The summed E-state index contributed by atoms with van der Waals surface area (Å²) >= 11 is 5.78. The van der Waals surface area contributed by atoms with E-state index >= 15 is 0 Å². The van der Waals surface area contributed by atoms with E-state index in [2.05, 4.69) is 5.32 Å². The number of aryl methyl sites for hydroxylation is 1. The molecule has 2 aromatic rings. The number of carbonyl (C=O) groups excluding carboxylic acids is 2. The Morgan fingerprint density at radius 3 is 2.39 bits per heavy atom. The molecule has 0 heterocycles. The fourth-order valence-electron chi connectivity index (χ4n) is 2.36. The second-order valence-electron chi connectivity index (χ2n) is 6.01. The van der Waals surface area contributed by atoms with Gasteiger partial charge >= 0.3 is 5.97 Å². The maximum absolute atomic E-state index is 12.6. The molecule has 0 unspecified atom stereocenters. The molecule has 2 rings (SSSR count). The number of anilines is 1. The van der Waals surface area contributed by atoms with E-state index in [1.807, 2.05) is 0 Å². The van der Waals surface area contributed by atoms with Gasteiger partial charge in [-0.2, -0.15) is 4.31 Å². The minimum absolute atomic E-state index is 0.0349. The van der Waals surface area contributed by atoms with Crippen molar-refractivity contribution < 1.29 is 22.7 Å². The normalized spacial score (nSPS) is 11.3. The first kappa shape index (κ1) is 21.9. The number of hydrogen-bond acceptors (Lipinski definition) is 5. The molecular weight excluding hydrogens is 404 g/mol. The fourth-order valence-corrected chi connectivity index (χ4v) is 3.61. The molecule has 0 aliphatic carbocycles. The number of likely N-dealkylation sites (N-methyl/N-ethyl adjacent to an activating group) is 1. The van der Waals surface area contributed by atoms with Crippen molar-refractivity contribution in [3.63, 3.8) is 0 Å². The third-order valence-electron chi connectivity index (χ3n) is 3.91. The Morgan fingerprint density at radius 2 is 1.79 bits per heavy atom. The number of sulfonamides is 1. The molecule has 0 bridgehead atoms. The zero-order valence-corrected chi connectivity index (χ0v) is 17.3. The molecule has 0 spiro atoms. The topological polar surface area (TPSA) is 92.8 Å². The van der Waals surface area contributed by atoms with E-state index in [1.165, 1.54) is 37.4 Å². The van der Waals surface area contributed by atoms with E-state index in [9.17, 15) is 18.0 Å². The van der Waals surface area contributed by atoms with Crippen LogP contribution in [0.5, 0.6) is 0 Å². The van der Waals surface area contributed by atoms with Gasteiger partial charge in [0.25, 0.3) is 0 Å². The van der Waals surface area contributed by atoms with E-state index in [1.54, 1.807) is 26.0 Å². The Kier molecular flexibility index (Phi) is 7.17. The van der Waals surface area contributed by atoms with Crippen LogP contribution in [0.15, 0.2) is 47.4 Å². The summed E-state index contributed by atoms with van der Waals surface area (Å²) in [6.45, 7) is 3.31. The lowest BCUT2D eigenvalue weighted by Crippen LogP contribution is -2.35. The lowest BCUT2D eigenvalue weighted by Gasteiger charge is -2.17. The average Bonchev–Trinajstić information content (AvgIpc) is 2.64. The van der Waals surface area contributed by atoms with Crippen LogP contribution in [0, 0.1) is 6.92 Å². The summed E-state index contributed by atoms with van der Waals surface area (Å²) < 4.78 is 31.0. The van der Waals surface area contributed by atoms with Crippen molar-refractivity contribution in [3.05, 3.63) is 58.6 Å². The van der Waals surface area contributed by atoms with Gasteiger partial charge < -0.3 is 10.1 Å². The summed E-state index contributed by atoms with van der Waals surface area (Å²) in [5, 5.41) is 3.05. The van der Waals surface area contributed by atoms with Crippen molar-refractivity contribution in [2.24, 2.45) is 0 Å². The van der Waals surface area contributed by atoms with Crippen LogP contribution in [0.3, 0.4) is 0 Å². The number of rotatable bonds is 7. The Hall–Kier alpha value is -2.42. The first-order chi connectivity index (χ1) is 13.1. The lowest BCUT2D eigenvalue weighted by atomic mass is 10.1. The van der Waals surface area contributed by atoms with Crippen LogP contribution < -0.4 is 5.32 Å². The molecule has 1 N–H and O–H groups in total. The molecule has 0 atom stereocenters. The number of hydrogen-bond donors (Lipinski definition) is 1. The van der Waals surface area contributed by atoms with Gasteiger partial charge in [-0.05, 0) is 55.8 Å². The predicted octanol–water partition coefficient (Wildman–Crippen LogP) is 3.08. The highest BCUT2D eigenvalue weighted by atomic mass is 35.5. The Morgan fingerprint density at radius 1 is 1.14 bits per heavy atom. The van der Waals surface area contributed by atoms with E-state index in [-0.39, 0.29) is 11.5 Å². The summed E-state index contributed by atoms with van der Waals surface area (Å²) in [6.07, 6.45) is 0. The molecule has 0 aliphatic heterocycles. The Labute approximate surface area is 169 Å². The van der Waals surface area contributed by atoms with Gasteiger partial charge in [0.15, 0.2) is 0 Å². The molecule has 0 radical (unpaired) electrons. The summed E-state index contributed by atoms with van der Waals surface area (Å²) in [4.78, 5) is 24.2. The van der Waals surface area contributed by atoms with Crippen molar-refractivity contribution >= 4 is 39.2 Å². The van der Waals surface area contributed by atoms with Crippen molar-refractivity contribution in [3.8, 4) is 0 Å². The van der Waals surface area contributed by atoms with Gasteiger partial charge in [-0.15, -0.1) is 0 Å². The van der Waals surface area contributed by atoms with E-state index in [4.69, 9.17) is 16.3 Å². The molecule has 2 aromatic carbocycles. The van der Waals surface area contributed by atoms with Crippen LogP contribution in [-0.2, 0) is 19.6 Å². The number of benzene rings is 2. The second kappa shape index (κ2) is 9.18. The molecule has 0 aromatic heterocycles. The molecule has 150 valence electrons. The molecular formula is C19H21ClN2O5S. The quantitative estimate of drug-likeness (QED) is 0.689. The predicted molar refractivity (Wildman–Crippen MR) is 107 cm³/mol. The van der Waals surface area contributed by atoms with Crippen LogP contribution >= 0.6 is 11.6 Å². The summed E-state index contributed by atoms with van der Waals surface area (Å²) in [5.74, 6) is -1.04.